The number of carboxylic acid groups (broad SMARTS) is 1. The molecule has 1 saturated heterocycles. The lowest BCUT2D eigenvalue weighted by molar-refractivity contribution is 0.143. The fourth-order valence-electron chi connectivity index (χ4n) is 3.98. The summed E-state index contributed by atoms with van der Waals surface area (Å²) in [6.07, 6.45) is 2.49. The van der Waals surface area contributed by atoms with Gasteiger partial charge >= 0.3 is 6.16 Å². The van der Waals surface area contributed by atoms with Crippen molar-refractivity contribution in [1.82, 2.24) is 14.9 Å². The molecule has 156 valence electrons. The van der Waals surface area contributed by atoms with Crippen LogP contribution in [0.3, 0.4) is 0 Å². The monoisotopic (exact) mass is 404 g/mol. The second-order valence-electron chi connectivity index (χ2n) is 8.40. The number of fused-ring (bicyclic) bond motifs is 1. The van der Waals surface area contributed by atoms with Crippen LogP contribution in [0.5, 0.6) is 5.75 Å². The summed E-state index contributed by atoms with van der Waals surface area (Å²) in [5.74, 6) is -0.357. The van der Waals surface area contributed by atoms with E-state index >= 15 is 0 Å². The quantitative estimate of drug-likeness (QED) is 0.740. The summed E-state index contributed by atoms with van der Waals surface area (Å²) < 4.78 is 21.3. The molecule has 1 aliphatic carbocycles. The summed E-state index contributed by atoms with van der Waals surface area (Å²) in [5, 5.41) is 12.2. The Bertz CT molecular complexity index is 1030. The van der Waals surface area contributed by atoms with Crippen LogP contribution in [0, 0.1) is 11.7 Å². The Morgan fingerprint density at radius 1 is 1.38 bits per heavy atom. The highest BCUT2D eigenvalue weighted by Gasteiger charge is 2.36. The van der Waals surface area contributed by atoms with Crippen LogP contribution in [0.1, 0.15) is 39.2 Å². The zero-order valence-corrected chi connectivity index (χ0v) is 16.7. The highest BCUT2D eigenvalue weighted by Crippen LogP contribution is 2.38. The summed E-state index contributed by atoms with van der Waals surface area (Å²) in [5.41, 5.74) is -0.392. The number of hydrogen-bond acceptors (Lipinski definition) is 6. The molecule has 0 radical (unpaired) electrons. The van der Waals surface area contributed by atoms with Crippen molar-refractivity contribution in [3.63, 3.8) is 0 Å². The molecule has 4 rings (SSSR count). The van der Waals surface area contributed by atoms with Crippen LogP contribution in [-0.2, 0) is 0 Å². The predicted octanol–water partition coefficient (Wildman–Crippen LogP) is 2.75. The van der Waals surface area contributed by atoms with E-state index in [4.69, 9.17) is 5.11 Å². The minimum atomic E-state index is -1.58. The van der Waals surface area contributed by atoms with Gasteiger partial charge in [0, 0.05) is 24.7 Å². The molecule has 1 atom stereocenters. The van der Waals surface area contributed by atoms with Crippen molar-refractivity contribution in [2.24, 2.45) is 5.92 Å². The molecule has 0 amide bonds. The Hall–Kier alpha value is -2.68. The number of nitrogens with zero attached hydrogens (tertiary/aromatic N) is 3. The Kier molecular flexibility index (Phi) is 4.72. The Morgan fingerprint density at radius 2 is 2.10 bits per heavy atom. The van der Waals surface area contributed by atoms with Crippen LogP contribution in [0.4, 0.5) is 15.0 Å². The van der Waals surface area contributed by atoms with Gasteiger partial charge in [0.15, 0.2) is 17.4 Å². The summed E-state index contributed by atoms with van der Waals surface area (Å²) >= 11 is 0. The van der Waals surface area contributed by atoms with E-state index < -0.39 is 17.4 Å². The van der Waals surface area contributed by atoms with Crippen molar-refractivity contribution in [2.45, 2.75) is 44.7 Å². The summed E-state index contributed by atoms with van der Waals surface area (Å²) in [6.45, 7) is 5.59. The van der Waals surface area contributed by atoms with E-state index in [2.05, 4.69) is 28.9 Å². The van der Waals surface area contributed by atoms with Gasteiger partial charge < -0.3 is 24.6 Å². The molecule has 0 spiro atoms. The number of ether oxygens (including phenoxy) is 1. The average molecular weight is 404 g/mol. The molecule has 2 aromatic rings. The van der Waals surface area contributed by atoms with Gasteiger partial charge in [-0.2, -0.15) is 0 Å². The predicted molar refractivity (Wildman–Crippen MR) is 106 cm³/mol. The van der Waals surface area contributed by atoms with E-state index in [1.54, 1.807) is 4.57 Å². The van der Waals surface area contributed by atoms with Crippen molar-refractivity contribution in [2.75, 3.05) is 25.0 Å². The molecular formula is C20H25FN4O4. The van der Waals surface area contributed by atoms with Gasteiger partial charge in [0.2, 0.25) is 5.43 Å². The van der Waals surface area contributed by atoms with Gasteiger partial charge in [0.05, 0.1) is 11.6 Å². The molecule has 8 nitrogen and oxygen atoms in total. The molecule has 1 saturated carbocycles. The maximum atomic E-state index is 15.0. The van der Waals surface area contributed by atoms with Crippen LogP contribution < -0.4 is 20.4 Å². The van der Waals surface area contributed by atoms with Crippen molar-refractivity contribution in [1.29, 1.82) is 0 Å². The molecule has 1 aliphatic heterocycles. The van der Waals surface area contributed by atoms with Crippen LogP contribution in [0.15, 0.2) is 17.1 Å². The fraction of sp³-hybridized carbons (Fsp3) is 0.550. The average Bonchev–Trinajstić information content (AvgIpc) is 3.39. The largest absolute Gasteiger partial charge is 0.511 e. The second-order valence-corrected chi connectivity index (χ2v) is 8.40. The number of aromatic nitrogens is 2. The third kappa shape index (κ3) is 3.55. The molecule has 2 N–H and O–H groups in total. The smallest absolute Gasteiger partial charge is 0.449 e. The first-order chi connectivity index (χ1) is 13.7. The molecule has 9 heteroatoms. The highest BCUT2D eigenvalue weighted by molar-refractivity contribution is 5.80. The summed E-state index contributed by atoms with van der Waals surface area (Å²) in [6, 6.07) is 1.26. The Balaban J connectivity index is 1.78. The molecule has 2 aromatic heterocycles. The number of carbonyl (C=O) groups is 1. The third-order valence-electron chi connectivity index (χ3n) is 6.20. The van der Waals surface area contributed by atoms with Crippen molar-refractivity contribution in [3.8, 4) is 5.75 Å². The topological polar surface area (TPSA) is 96.7 Å². The first-order valence-corrected chi connectivity index (χ1v) is 9.81. The lowest BCUT2D eigenvalue weighted by Gasteiger charge is -2.31. The van der Waals surface area contributed by atoms with Gasteiger partial charge in [0.1, 0.15) is 5.65 Å². The standard InChI is InChI=1S/C20H25FN4O4/c1-20(2,22-3)11-6-7-24(9-11)18-14(21)8-13-16(26)15(29-19(27)28)10-25(12-4-5-12)17(13)23-18/h8,10-12,22H,4-7,9H2,1-3H3,(H,27,28)/t11-/m1/s1. The van der Waals surface area contributed by atoms with E-state index in [1.165, 1.54) is 6.20 Å². The number of halogens is 1. The zero-order chi connectivity index (χ0) is 20.9. The lowest BCUT2D eigenvalue weighted by Crippen LogP contribution is -2.45. The minimum Gasteiger partial charge on any atom is -0.449 e. The molecule has 2 aliphatic rings. The maximum Gasteiger partial charge on any atom is 0.511 e. The van der Waals surface area contributed by atoms with Gasteiger partial charge in [-0.25, -0.2) is 14.2 Å². The number of pyridine rings is 2. The second kappa shape index (κ2) is 6.98. The van der Waals surface area contributed by atoms with Gasteiger partial charge in [0.25, 0.3) is 0 Å². The van der Waals surface area contributed by atoms with E-state index in [0.717, 1.165) is 25.3 Å². The number of nitrogens with one attached hydrogen (secondary N) is 1. The zero-order valence-electron chi connectivity index (χ0n) is 16.7. The Morgan fingerprint density at radius 3 is 2.72 bits per heavy atom. The van der Waals surface area contributed by atoms with Crippen LogP contribution >= 0.6 is 0 Å². The maximum absolute atomic E-state index is 15.0. The molecule has 0 unspecified atom stereocenters. The normalized spacial score (nSPS) is 19.7. The summed E-state index contributed by atoms with van der Waals surface area (Å²) in [7, 11) is 1.92. The van der Waals surface area contributed by atoms with Crippen LogP contribution in [-0.4, -0.2) is 46.5 Å². The van der Waals surface area contributed by atoms with Crippen molar-refractivity contribution < 1.29 is 19.0 Å². The lowest BCUT2D eigenvalue weighted by atomic mass is 9.87. The van der Waals surface area contributed by atoms with Crippen LogP contribution in [0.25, 0.3) is 11.0 Å². The van der Waals surface area contributed by atoms with Gasteiger partial charge in [-0.05, 0) is 52.1 Å². The highest BCUT2D eigenvalue weighted by atomic mass is 19.1. The molecular weight excluding hydrogens is 379 g/mol. The molecule has 0 bridgehead atoms. The van der Waals surface area contributed by atoms with E-state index in [-0.39, 0.29) is 28.5 Å². The van der Waals surface area contributed by atoms with Gasteiger partial charge in [-0.1, -0.05) is 0 Å². The summed E-state index contributed by atoms with van der Waals surface area (Å²) in [4.78, 5) is 30.0. The van der Waals surface area contributed by atoms with E-state index in [0.29, 0.717) is 24.7 Å². The molecule has 0 aromatic carbocycles. The Labute approximate surface area is 167 Å². The first kappa shape index (κ1) is 19.6. The first-order valence-electron chi connectivity index (χ1n) is 9.81. The van der Waals surface area contributed by atoms with Crippen LogP contribution in [0.2, 0.25) is 0 Å². The SMILES string of the molecule is CNC(C)(C)[C@@H]1CCN(c2nc3c(cc2F)c(=O)c(OC(=O)O)cn3C2CC2)C1. The van der Waals surface area contributed by atoms with Crippen molar-refractivity contribution in [3.05, 3.63) is 28.3 Å². The van der Waals surface area contributed by atoms with Gasteiger partial charge in [-0.3, -0.25) is 4.79 Å². The van der Waals surface area contributed by atoms with E-state index in [1.807, 2.05) is 11.9 Å². The fourth-order valence-corrected chi connectivity index (χ4v) is 3.98. The molecule has 3 heterocycles. The van der Waals surface area contributed by atoms with Gasteiger partial charge in [-0.15, -0.1) is 0 Å². The van der Waals surface area contributed by atoms with E-state index in [9.17, 15) is 14.0 Å². The number of anilines is 1. The molecule has 29 heavy (non-hydrogen) atoms. The number of hydrogen-bond donors (Lipinski definition) is 2. The number of rotatable bonds is 5. The minimum absolute atomic E-state index is 0.0307. The molecule has 2 fully saturated rings. The van der Waals surface area contributed by atoms with Crippen molar-refractivity contribution >= 4 is 23.0 Å². The third-order valence-corrected chi connectivity index (χ3v) is 6.20.